The van der Waals surface area contributed by atoms with Crippen LogP contribution in [0.3, 0.4) is 0 Å². The third kappa shape index (κ3) is 4.72. The Bertz CT molecular complexity index is 896. The maximum absolute atomic E-state index is 12.3. The highest BCUT2D eigenvalue weighted by Crippen LogP contribution is 2.19. The van der Waals surface area contributed by atoms with Crippen LogP contribution in [-0.4, -0.2) is 30.1 Å². The molecule has 3 rings (SSSR count). The van der Waals surface area contributed by atoms with E-state index in [4.69, 9.17) is 9.47 Å². The summed E-state index contributed by atoms with van der Waals surface area (Å²) in [5, 5.41) is 5.93. The van der Waals surface area contributed by atoms with Gasteiger partial charge in [0.05, 0.1) is 26.6 Å². The first kappa shape index (κ1) is 18.2. The number of anilines is 2. The van der Waals surface area contributed by atoms with Crippen LogP contribution in [0.25, 0.3) is 0 Å². The Labute approximate surface area is 157 Å². The highest BCUT2D eigenvalue weighted by Gasteiger charge is 2.09. The van der Waals surface area contributed by atoms with Crippen molar-refractivity contribution in [2.45, 2.75) is 6.54 Å². The number of carbonyl (C=O) groups is 1. The van der Waals surface area contributed by atoms with Gasteiger partial charge < -0.3 is 20.1 Å². The third-order valence-electron chi connectivity index (χ3n) is 3.88. The summed E-state index contributed by atoms with van der Waals surface area (Å²) in [6.45, 7) is 0.344. The molecule has 0 fully saturated rings. The highest BCUT2D eigenvalue weighted by molar-refractivity contribution is 5.92. The van der Waals surface area contributed by atoms with Crippen molar-refractivity contribution in [3.8, 4) is 11.5 Å². The topological polar surface area (TPSA) is 85.4 Å². The number of benzene rings is 2. The fourth-order valence-corrected chi connectivity index (χ4v) is 2.45. The Balaban J connectivity index is 1.59. The molecule has 0 aliphatic carbocycles. The Kier molecular flexibility index (Phi) is 5.84. The van der Waals surface area contributed by atoms with Gasteiger partial charge in [-0.05, 0) is 30.3 Å². The van der Waals surface area contributed by atoms with E-state index in [1.807, 2.05) is 48.5 Å². The summed E-state index contributed by atoms with van der Waals surface area (Å²) in [5.74, 6) is 1.74. The summed E-state index contributed by atoms with van der Waals surface area (Å²) in [4.78, 5) is 20.7. The molecule has 0 spiro atoms. The number of amides is 1. The zero-order valence-corrected chi connectivity index (χ0v) is 15.1. The van der Waals surface area contributed by atoms with Crippen molar-refractivity contribution in [3.63, 3.8) is 0 Å². The second-order valence-electron chi connectivity index (χ2n) is 5.63. The number of nitrogens with zero attached hydrogens (tertiary/aromatic N) is 2. The summed E-state index contributed by atoms with van der Waals surface area (Å²) >= 11 is 0. The van der Waals surface area contributed by atoms with Gasteiger partial charge in [0.1, 0.15) is 23.0 Å². The Morgan fingerprint density at radius 1 is 0.963 bits per heavy atom. The van der Waals surface area contributed by atoms with Gasteiger partial charge in [-0.1, -0.05) is 18.2 Å². The number of aromatic nitrogens is 2. The molecule has 0 unspecified atom stereocenters. The standard InChI is InChI=1S/C20H20N4O3/c1-26-16-9-7-15(8-10-16)24-19-13-21-17(12-22-19)20(25)23-11-14-5-3-4-6-18(14)27-2/h3-10,12-13H,11H2,1-2H3,(H,22,24)(H,23,25). The first-order valence-corrected chi connectivity index (χ1v) is 8.33. The molecule has 138 valence electrons. The molecule has 1 heterocycles. The van der Waals surface area contributed by atoms with Gasteiger partial charge in [-0.2, -0.15) is 0 Å². The molecule has 3 aromatic rings. The average molecular weight is 364 g/mol. The van der Waals surface area contributed by atoms with Crippen LogP contribution in [0.4, 0.5) is 11.5 Å². The van der Waals surface area contributed by atoms with Gasteiger partial charge in [-0.15, -0.1) is 0 Å². The second-order valence-corrected chi connectivity index (χ2v) is 5.63. The SMILES string of the molecule is COc1ccc(Nc2cnc(C(=O)NCc3ccccc3OC)cn2)cc1. The van der Waals surface area contributed by atoms with E-state index in [1.54, 1.807) is 14.2 Å². The molecule has 2 aromatic carbocycles. The number of hydrogen-bond acceptors (Lipinski definition) is 6. The van der Waals surface area contributed by atoms with Crippen LogP contribution in [0, 0.1) is 0 Å². The van der Waals surface area contributed by atoms with Crippen LogP contribution < -0.4 is 20.1 Å². The van der Waals surface area contributed by atoms with E-state index in [1.165, 1.54) is 12.4 Å². The molecule has 7 heteroatoms. The van der Waals surface area contributed by atoms with Gasteiger partial charge >= 0.3 is 0 Å². The van der Waals surface area contributed by atoms with Crippen LogP contribution >= 0.6 is 0 Å². The smallest absolute Gasteiger partial charge is 0.271 e. The molecule has 27 heavy (non-hydrogen) atoms. The van der Waals surface area contributed by atoms with Gasteiger partial charge in [0.15, 0.2) is 0 Å². The van der Waals surface area contributed by atoms with Crippen molar-refractivity contribution in [3.05, 3.63) is 72.2 Å². The van der Waals surface area contributed by atoms with Gasteiger partial charge in [-0.25, -0.2) is 9.97 Å². The molecule has 0 radical (unpaired) electrons. The van der Waals surface area contributed by atoms with Crippen molar-refractivity contribution in [2.24, 2.45) is 0 Å². The summed E-state index contributed by atoms with van der Waals surface area (Å²) in [6, 6.07) is 14.9. The molecule has 0 saturated heterocycles. The molecule has 1 amide bonds. The molecule has 1 aromatic heterocycles. The second kappa shape index (κ2) is 8.66. The number of methoxy groups -OCH3 is 2. The van der Waals surface area contributed by atoms with Crippen molar-refractivity contribution in [1.82, 2.24) is 15.3 Å². The molecular weight excluding hydrogens is 344 g/mol. The van der Waals surface area contributed by atoms with E-state index in [9.17, 15) is 4.79 Å². The van der Waals surface area contributed by atoms with Crippen molar-refractivity contribution >= 4 is 17.4 Å². The predicted molar refractivity (Wildman–Crippen MR) is 102 cm³/mol. The lowest BCUT2D eigenvalue weighted by Gasteiger charge is -2.10. The maximum atomic E-state index is 12.3. The van der Waals surface area contributed by atoms with Gasteiger partial charge in [-0.3, -0.25) is 4.79 Å². The Hall–Kier alpha value is -3.61. The normalized spacial score (nSPS) is 10.1. The molecular formula is C20H20N4O3. The first-order chi connectivity index (χ1) is 13.2. The largest absolute Gasteiger partial charge is 0.497 e. The van der Waals surface area contributed by atoms with Crippen molar-refractivity contribution in [1.29, 1.82) is 0 Å². The quantitative estimate of drug-likeness (QED) is 0.670. The summed E-state index contributed by atoms with van der Waals surface area (Å²) in [6.07, 6.45) is 2.95. The van der Waals surface area contributed by atoms with E-state index in [0.717, 1.165) is 22.7 Å². The number of nitrogens with one attached hydrogen (secondary N) is 2. The minimum Gasteiger partial charge on any atom is -0.497 e. The predicted octanol–water partition coefficient (Wildman–Crippen LogP) is 3.17. The average Bonchev–Trinajstić information content (AvgIpc) is 2.73. The van der Waals surface area contributed by atoms with Crippen LogP contribution in [0.5, 0.6) is 11.5 Å². The van der Waals surface area contributed by atoms with Crippen molar-refractivity contribution in [2.75, 3.05) is 19.5 Å². The lowest BCUT2D eigenvalue weighted by atomic mass is 10.2. The highest BCUT2D eigenvalue weighted by atomic mass is 16.5. The lowest BCUT2D eigenvalue weighted by Crippen LogP contribution is -2.24. The monoisotopic (exact) mass is 364 g/mol. The third-order valence-corrected chi connectivity index (χ3v) is 3.88. The van der Waals surface area contributed by atoms with Crippen LogP contribution in [0.2, 0.25) is 0 Å². The Morgan fingerprint density at radius 2 is 1.74 bits per heavy atom. The molecule has 0 atom stereocenters. The minimum absolute atomic E-state index is 0.241. The van der Waals surface area contributed by atoms with E-state index < -0.39 is 0 Å². The number of carbonyl (C=O) groups excluding carboxylic acids is 1. The van der Waals surface area contributed by atoms with Crippen LogP contribution in [0.15, 0.2) is 60.9 Å². The van der Waals surface area contributed by atoms with Gasteiger partial charge in [0.25, 0.3) is 5.91 Å². The number of ether oxygens (including phenoxy) is 2. The number of para-hydroxylation sites is 1. The molecule has 0 aliphatic rings. The molecule has 7 nitrogen and oxygen atoms in total. The lowest BCUT2D eigenvalue weighted by molar-refractivity contribution is 0.0945. The van der Waals surface area contributed by atoms with E-state index >= 15 is 0 Å². The van der Waals surface area contributed by atoms with E-state index in [2.05, 4.69) is 20.6 Å². The fourth-order valence-electron chi connectivity index (χ4n) is 2.45. The number of hydrogen-bond donors (Lipinski definition) is 2. The summed E-state index contributed by atoms with van der Waals surface area (Å²) in [5.41, 5.74) is 1.97. The summed E-state index contributed by atoms with van der Waals surface area (Å²) < 4.78 is 10.4. The zero-order chi connectivity index (χ0) is 19.1. The molecule has 0 bridgehead atoms. The fraction of sp³-hybridized carbons (Fsp3) is 0.150. The van der Waals surface area contributed by atoms with E-state index in [-0.39, 0.29) is 11.6 Å². The van der Waals surface area contributed by atoms with Crippen LogP contribution in [0.1, 0.15) is 16.1 Å². The molecule has 0 saturated carbocycles. The van der Waals surface area contributed by atoms with Crippen LogP contribution in [-0.2, 0) is 6.54 Å². The first-order valence-electron chi connectivity index (χ1n) is 8.33. The minimum atomic E-state index is -0.301. The summed E-state index contributed by atoms with van der Waals surface area (Å²) in [7, 11) is 3.21. The van der Waals surface area contributed by atoms with Gasteiger partial charge in [0, 0.05) is 17.8 Å². The van der Waals surface area contributed by atoms with Gasteiger partial charge in [0.2, 0.25) is 0 Å². The number of rotatable bonds is 7. The van der Waals surface area contributed by atoms with E-state index in [0.29, 0.717) is 12.4 Å². The van der Waals surface area contributed by atoms with Crippen molar-refractivity contribution < 1.29 is 14.3 Å². The maximum Gasteiger partial charge on any atom is 0.271 e. The Morgan fingerprint density at radius 3 is 2.41 bits per heavy atom. The zero-order valence-electron chi connectivity index (χ0n) is 15.1. The molecule has 0 aliphatic heterocycles. The molecule has 2 N–H and O–H groups in total.